The quantitative estimate of drug-likeness (QED) is 0.287. The largest absolute Gasteiger partial charge is 0.321 e. The minimum Gasteiger partial charge on any atom is -0.321 e. The van der Waals surface area contributed by atoms with Crippen LogP contribution in [0, 0.1) is 0 Å². The number of hydrogen-bond donors (Lipinski definition) is 3. The molecule has 8 nitrogen and oxygen atoms in total. The number of aromatic nitrogens is 1. The number of benzene rings is 3. The minimum atomic E-state index is -3.79. The first kappa shape index (κ1) is 22.3. The highest BCUT2D eigenvalue weighted by molar-refractivity contribution is 7.92. The maximum atomic E-state index is 12.4. The first-order valence-corrected chi connectivity index (χ1v) is 11.5. The number of anilines is 1. The predicted molar refractivity (Wildman–Crippen MR) is 128 cm³/mol. The minimum absolute atomic E-state index is 0.0618. The summed E-state index contributed by atoms with van der Waals surface area (Å²) in [7, 11) is -3.79. The number of nitrogens with one attached hydrogen (secondary N) is 3. The van der Waals surface area contributed by atoms with Crippen molar-refractivity contribution in [2.75, 3.05) is 4.72 Å². The third-order valence-electron chi connectivity index (χ3n) is 4.68. The Kier molecular flexibility index (Phi) is 6.25. The topological polar surface area (TPSA) is 120 Å². The van der Waals surface area contributed by atoms with Crippen LogP contribution < -0.4 is 15.7 Å². The molecule has 3 N–H and O–H groups in total. The van der Waals surface area contributed by atoms with Crippen molar-refractivity contribution >= 4 is 50.3 Å². The molecule has 1 aromatic heterocycles. The second-order valence-electron chi connectivity index (χ2n) is 6.98. The molecule has 0 aliphatic heterocycles. The first-order valence-electron chi connectivity index (χ1n) is 9.66. The van der Waals surface area contributed by atoms with Crippen molar-refractivity contribution in [1.82, 2.24) is 10.4 Å². The SMILES string of the molecule is O=C(N/N=C/c1cc2ccccc2[nH]c1=O)c1ccc(NS(=O)(=O)c2ccc(Cl)cc2)cc1. The highest BCUT2D eigenvalue weighted by Gasteiger charge is 2.14. The van der Waals surface area contributed by atoms with E-state index in [9.17, 15) is 18.0 Å². The summed E-state index contributed by atoms with van der Waals surface area (Å²) >= 11 is 5.79. The molecular formula is C23H17ClN4O4S. The number of pyridine rings is 1. The molecule has 1 amide bonds. The molecule has 0 saturated heterocycles. The Labute approximate surface area is 194 Å². The van der Waals surface area contributed by atoms with Crippen molar-refractivity contribution in [2.45, 2.75) is 4.90 Å². The van der Waals surface area contributed by atoms with E-state index in [0.29, 0.717) is 16.1 Å². The number of fused-ring (bicyclic) bond motifs is 1. The number of amides is 1. The van der Waals surface area contributed by atoms with Crippen LogP contribution in [0.5, 0.6) is 0 Å². The Morgan fingerprint density at radius 3 is 2.39 bits per heavy atom. The lowest BCUT2D eigenvalue weighted by atomic mass is 10.2. The summed E-state index contributed by atoms with van der Waals surface area (Å²) in [4.78, 5) is 27.3. The standard InChI is InChI=1S/C23H17ClN4O4S/c24-18-7-11-20(12-8-18)33(31,32)28-19-9-5-15(6-10-19)23(30)27-25-14-17-13-16-3-1-2-4-21(16)26-22(17)29/h1-14,28H,(H,26,29)(H,27,30)/b25-14+. The summed E-state index contributed by atoms with van der Waals surface area (Å²) in [6, 6.07) is 20.6. The van der Waals surface area contributed by atoms with E-state index in [0.717, 1.165) is 5.39 Å². The molecule has 0 atom stereocenters. The summed E-state index contributed by atoms with van der Waals surface area (Å²) < 4.78 is 27.3. The van der Waals surface area contributed by atoms with Gasteiger partial charge >= 0.3 is 0 Å². The second-order valence-corrected chi connectivity index (χ2v) is 9.10. The molecule has 4 aromatic rings. The van der Waals surface area contributed by atoms with Gasteiger partial charge in [0.1, 0.15) is 0 Å². The molecule has 0 aliphatic rings. The maximum Gasteiger partial charge on any atom is 0.271 e. The number of carbonyl (C=O) groups is 1. The van der Waals surface area contributed by atoms with Gasteiger partial charge in [0, 0.05) is 21.8 Å². The smallest absolute Gasteiger partial charge is 0.271 e. The molecule has 0 bridgehead atoms. The van der Waals surface area contributed by atoms with E-state index in [-0.39, 0.29) is 21.7 Å². The fourth-order valence-electron chi connectivity index (χ4n) is 3.00. The lowest BCUT2D eigenvalue weighted by Gasteiger charge is -2.08. The molecule has 10 heteroatoms. The van der Waals surface area contributed by atoms with E-state index in [1.165, 1.54) is 54.7 Å². The molecule has 0 aliphatic carbocycles. The lowest BCUT2D eigenvalue weighted by molar-refractivity contribution is 0.0955. The van der Waals surface area contributed by atoms with Gasteiger partial charge in [0.25, 0.3) is 21.5 Å². The average molecular weight is 481 g/mol. The van der Waals surface area contributed by atoms with E-state index >= 15 is 0 Å². The van der Waals surface area contributed by atoms with Crippen LogP contribution in [0.15, 0.2) is 93.7 Å². The Morgan fingerprint density at radius 1 is 0.970 bits per heavy atom. The van der Waals surface area contributed by atoms with Gasteiger partial charge in [-0.25, -0.2) is 13.8 Å². The number of halogens is 1. The molecule has 0 saturated carbocycles. The van der Waals surface area contributed by atoms with Gasteiger partial charge in [0.15, 0.2) is 0 Å². The van der Waals surface area contributed by atoms with E-state index < -0.39 is 15.9 Å². The summed E-state index contributed by atoms with van der Waals surface area (Å²) in [5.74, 6) is -0.518. The Hall–Kier alpha value is -3.95. The molecule has 3 aromatic carbocycles. The molecule has 166 valence electrons. The van der Waals surface area contributed by atoms with Gasteiger partial charge in [0.2, 0.25) is 0 Å². The number of H-pyrrole nitrogens is 1. The van der Waals surface area contributed by atoms with Gasteiger partial charge < -0.3 is 4.98 Å². The summed E-state index contributed by atoms with van der Waals surface area (Å²) in [5, 5.41) is 5.11. The zero-order valence-electron chi connectivity index (χ0n) is 16.9. The second kappa shape index (κ2) is 9.27. The van der Waals surface area contributed by atoms with Gasteiger partial charge in [-0.05, 0) is 66.0 Å². The molecule has 0 radical (unpaired) electrons. The number of nitrogens with zero attached hydrogens (tertiary/aromatic N) is 1. The van der Waals surface area contributed by atoms with Gasteiger partial charge in [-0.3, -0.25) is 14.3 Å². The van der Waals surface area contributed by atoms with Crippen LogP contribution in [0.3, 0.4) is 0 Å². The predicted octanol–water partition coefficient (Wildman–Crippen LogP) is 3.75. The highest BCUT2D eigenvalue weighted by Crippen LogP contribution is 2.18. The maximum absolute atomic E-state index is 12.4. The van der Waals surface area contributed by atoms with Crippen molar-refractivity contribution in [1.29, 1.82) is 0 Å². The van der Waals surface area contributed by atoms with Gasteiger partial charge in [-0.15, -0.1) is 0 Å². The number of hydrazone groups is 1. The molecule has 0 spiro atoms. The number of aromatic amines is 1. The number of hydrogen-bond acceptors (Lipinski definition) is 5. The van der Waals surface area contributed by atoms with Crippen LogP contribution in [0.4, 0.5) is 5.69 Å². The summed E-state index contributed by atoms with van der Waals surface area (Å²) in [6.07, 6.45) is 1.26. The molecule has 4 rings (SSSR count). The average Bonchev–Trinajstić information content (AvgIpc) is 2.80. The Balaban J connectivity index is 1.42. The normalized spacial score (nSPS) is 11.5. The summed E-state index contributed by atoms with van der Waals surface area (Å²) in [5.41, 5.74) is 3.56. The van der Waals surface area contributed by atoms with Crippen LogP contribution in [0.2, 0.25) is 5.02 Å². The van der Waals surface area contributed by atoms with Crippen LogP contribution in [0.25, 0.3) is 10.9 Å². The number of para-hydroxylation sites is 1. The van der Waals surface area contributed by atoms with Crippen molar-refractivity contribution in [2.24, 2.45) is 5.10 Å². The van der Waals surface area contributed by atoms with Crippen LogP contribution in [-0.2, 0) is 10.0 Å². The fourth-order valence-corrected chi connectivity index (χ4v) is 4.19. The van der Waals surface area contributed by atoms with E-state index in [2.05, 4.69) is 20.2 Å². The monoisotopic (exact) mass is 480 g/mol. The molecule has 0 unspecified atom stereocenters. The first-order chi connectivity index (χ1) is 15.8. The van der Waals surface area contributed by atoms with Gasteiger partial charge in [0.05, 0.1) is 16.7 Å². The number of sulfonamides is 1. The fraction of sp³-hybridized carbons (Fsp3) is 0. The van der Waals surface area contributed by atoms with Crippen molar-refractivity contribution in [3.05, 3.63) is 105 Å². The van der Waals surface area contributed by atoms with Crippen molar-refractivity contribution in [3.8, 4) is 0 Å². The third kappa shape index (κ3) is 5.28. The molecule has 0 fully saturated rings. The van der Waals surface area contributed by atoms with Crippen LogP contribution >= 0.6 is 11.6 Å². The molecular weight excluding hydrogens is 464 g/mol. The van der Waals surface area contributed by atoms with Crippen molar-refractivity contribution < 1.29 is 13.2 Å². The highest BCUT2D eigenvalue weighted by atomic mass is 35.5. The zero-order valence-corrected chi connectivity index (χ0v) is 18.5. The number of rotatable bonds is 6. The van der Waals surface area contributed by atoms with E-state index in [4.69, 9.17) is 11.6 Å². The van der Waals surface area contributed by atoms with Crippen molar-refractivity contribution in [3.63, 3.8) is 0 Å². The Morgan fingerprint density at radius 2 is 1.67 bits per heavy atom. The molecule has 1 heterocycles. The third-order valence-corrected chi connectivity index (χ3v) is 6.32. The number of carbonyl (C=O) groups excluding carboxylic acids is 1. The summed E-state index contributed by atoms with van der Waals surface area (Å²) in [6.45, 7) is 0. The van der Waals surface area contributed by atoms with Crippen LogP contribution in [0.1, 0.15) is 15.9 Å². The van der Waals surface area contributed by atoms with E-state index in [1.807, 2.05) is 18.2 Å². The zero-order chi connectivity index (χ0) is 23.4. The molecule has 33 heavy (non-hydrogen) atoms. The lowest BCUT2D eigenvalue weighted by Crippen LogP contribution is -2.19. The van der Waals surface area contributed by atoms with Crippen LogP contribution in [-0.4, -0.2) is 25.5 Å². The van der Waals surface area contributed by atoms with E-state index in [1.54, 1.807) is 12.1 Å². The Bertz CT molecular complexity index is 1510. The van der Waals surface area contributed by atoms with Gasteiger partial charge in [-0.2, -0.15) is 5.10 Å². The van der Waals surface area contributed by atoms with Gasteiger partial charge in [-0.1, -0.05) is 29.8 Å².